The van der Waals surface area contributed by atoms with Crippen molar-refractivity contribution in [2.75, 3.05) is 6.16 Å². The summed E-state index contributed by atoms with van der Waals surface area (Å²) in [5.74, 6) is 0.625. The molecule has 0 aliphatic rings. The molecule has 0 saturated carbocycles. The van der Waals surface area contributed by atoms with E-state index in [0.29, 0.717) is 12.3 Å². The molecule has 1 rings (SSSR count). The zero-order valence-electron chi connectivity index (χ0n) is 7.86. The summed E-state index contributed by atoms with van der Waals surface area (Å²) in [4.78, 5) is 11.0. The Kier molecular flexibility index (Phi) is 4.11. The fourth-order valence-electron chi connectivity index (χ4n) is 1.41. The van der Waals surface area contributed by atoms with Crippen LogP contribution >= 0.6 is 9.24 Å². The molecule has 0 aromatic heterocycles. The molecule has 0 radical (unpaired) electrons. The highest BCUT2D eigenvalue weighted by Crippen LogP contribution is 2.21. The zero-order valence-corrected chi connectivity index (χ0v) is 9.02. The highest BCUT2D eigenvalue weighted by Gasteiger charge is 2.10. The fourth-order valence-corrected chi connectivity index (χ4v) is 1.85. The van der Waals surface area contributed by atoms with Gasteiger partial charge >= 0.3 is 0 Å². The van der Waals surface area contributed by atoms with Gasteiger partial charge in [0.15, 0.2) is 0 Å². The Morgan fingerprint density at radius 3 is 2.46 bits per heavy atom. The first-order chi connectivity index (χ1) is 6.24. The van der Waals surface area contributed by atoms with Gasteiger partial charge in [-0.25, -0.2) is 0 Å². The number of ketones is 1. The van der Waals surface area contributed by atoms with Crippen LogP contribution in [-0.2, 0) is 4.79 Å². The first-order valence-corrected chi connectivity index (χ1v) is 5.30. The molecule has 0 aliphatic heterocycles. The molecule has 0 bridgehead atoms. The Bertz CT molecular complexity index is 269. The van der Waals surface area contributed by atoms with Crippen molar-refractivity contribution >= 4 is 15.0 Å². The average Bonchev–Trinajstić information content (AvgIpc) is 2.15. The number of hydrogen-bond acceptors (Lipinski definition) is 1. The van der Waals surface area contributed by atoms with Gasteiger partial charge in [0.2, 0.25) is 0 Å². The van der Waals surface area contributed by atoms with Crippen molar-refractivity contribution in [2.45, 2.75) is 19.3 Å². The third-order valence-electron chi connectivity index (χ3n) is 2.09. The van der Waals surface area contributed by atoms with Crippen LogP contribution in [0.1, 0.15) is 24.8 Å². The molecule has 0 N–H and O–H groups in total. The molecule has 13 heavy (non-hydrogen) atoms. The van der Waals surface area contributed by atoms with Crippen LogP contribution in [0.2, 0.25) is 0 Å². The maximum absolute atomic E-state index is 11.0. The van der Waals surface area contributed by atoms with Gasteiger partial charge in [0, 0.05) is 6.42 Å². The van der Waals surface area contributed by atoms with Crippen LogP contribution in [0.4, 0.5) is 0 Å². The molecular formula is C11H15OP. The molecule has 0 saturated heterocycles. The topological polar surface area (TPSA) is 17.1 Å². The van der Waals surface area contributed by atoms with Crippen LogP contribution in [-0.4, -0.2) is 11.9 Å². The molecule has 1 aromatic rings. The first-order valence-electron chi connectivity index (χ1n) is 4.48. The number of carbonyl (C=O) groups is 1. The molecule has 70 valence electrons. The lowest BCUT2D eigenvalue weighted by molar-refractivity contribution is -0.117. The third-order valence-corrected chi connectivity index (χ3v) is 2.66. The Balaban J connectivity index is 2.73. The van der Waals surface area contributed by atoms with E-state index in [9.17, 15) is 4.79 Å². The third kappa shape index (κ3) is 3.28. The van der Waals surface area contributed by atoms with Gasteiger partial charge in [-0.1, -0.05) is 30.3 Å². The van der Waals surface area contributed by atoms with Crippen molar-refractivity contribution in [1.82, 2.24) is 0 Å². The minimum absolute atomic E-state index is 0.260. The summed E-state index contributed by atoms with van der Waals surface area (Å²) in [5.41, 5.74) is 1.26. The summed E-state index contributed by atoms with van der Waals surface area (Å²) in [5, 5.41) is 0. The van der Waals surface area contributed by atoms with Crippen LogP contribution in [0.3, 0.4) is 0 Å². The van der Waals surface area contributed by atoms with E-state index in [1.807, 2.05) is 18.2 Å². The Morgan fingerprint density at radius 1 is 1.38 bits per heavy atom. The van der Waals surface area contributed by atoms with E-state index in [1.54, 1.807) is 6.92 Å². The predicted molar refractivity (Wildman–Crippen MR) is 59.1 cm³/mol. The molecule has 0 amide bonds. The average molecular weight is 194 g/mol. The SMILES string of the molecule is CC(=O)CC(CP)c1ccccc1. The molecule has 2 unspecified atom stereocenters. The first kappa shape index (κ1) is 10.4. The standard InChI is InChI=1S/C11H15OP/c1-9(12)7-11(8-13)10-5-3-2-4-6-10/h2-6,11H,7-8,13H2,1H3. The van der Waals surface area contributed by atoms with Gasteiger partial charge in [0.1, 0.15) is 5.78 Å². The second-order valence-corrected chi connectivity index (χ2v) is 3.72. The van der Waals surface area contributed by atoms with Crippen molar-refractivity contribution in [3.63, 3.8) is 0 Å². The highest BCUT2D eigenvalue weighted by atomic mass is 31.0. The van der Waals surface area contributed by atoms with Crippen molar-refractivity contribution in [3.05, 3.63) is 35.9 Å². The van der Waals surface area contributed by atoms with E-state index in [0.717, 1.165) is 6.16 Å². The van der Waals surface area contributed by atoms with E-state index < -0.39 is 0 Å². The quantitative estimate of drug-likeness (QED) is 0.673. The van der Waals surface area contributed by atoms with E-state index in [4.69, 9.17) is 0 Å². The van der Waals surface area contributed by atoms with E-state index in [1.165, 1.54) is 5.56 Å². The number of benzene rings is 1. The molecule has 2 atom stereocenters. The molecule has 0 spiro atoms. The second-order valence-electron chi connectivity index (χ2n) is 3.25. The van der Waals surface area contributed by atoms with Crippen LogP contribution < -0.4 is 0 Å². The number of hydrogen-bond donors (Lipinski definition) is 0. The molecule has 1 nitrogen and oxygen atoms in total. The molecule has 0 aliphatic carbocycles. The minimum atomic E-state index is 0.260. The molecular weight excluding hydrogens is 179 g/mol. The van der Waals surface area contributed by atoms with Crippen molar-refractivity contribution < 1.29 is 4.79 Å². The van der Waals surface area contributed by atoms with Crippen LogP contribution in [0, 0.1) is 0 Å². The fraction of sp³-hybridized carbons (Fsp3) is 0.364. The predicted octanol–water partition coefficient (Wildman–Crippen LogP) is 2.62. The lowest BCUT2D eigenvalue weighted by Crippen LogP contribution is -2.05. The number of carbonyl (C=O) groups excluding carboxylic acids is 1. The van der Waals surface area contributed by atoms with Crippen LogP contribution in [0.15, 0.2) is 30.3 Å². The van der Waals surface area contributed by atoms with Gasteiger partial charge in [0.05, 0.1) is 0 Å². The minimum Gasteiger partial charge on any atom is -0.300 e. The molecule has 0 fully saturated rings. The number of Topliss-reactive ketones (excluding diaryl/α,β-unsaturated/α-hetero) is 1. The van der Waals surface area contributed by atoms with Crippen molar-refractivity contribution in [3.8, 4) is 0 Å². The Hall–Kier alpha value is -0.680. The molecule has 0 heterocycles. The number of rotatable bonds is 4. The zero-order chi connectivity index (χ0) is 9.68. The van der Waals surface area contributed by atoms with Gasteiger partial charge in [-0.15, -0.1) is 9.24 Å². The van der Waals surface area contributed by atoms with E-state index in [-0.39, 0.29) is 5.78 Å². The van der Waals surface area contributed by atoms with Gasteiger partial charge in [-0.3, -0.25) is 0 Å². The van der Waals surface area contributed by atoms with Gasteiger partial charge in [-0.05, 0) is 24.6 Å². The van der Waals surface area contributed by atoms with E-state index in [2.05, 4.69) is 21.4 Å². The summed E-state index contributed by atoms with van der Waals surface area (Å²) in [6.45, 7) is 1.65. The monoisotopic (exact) mass is 194 g/mol. The smallest absolute Gasteiger partial charge is 0.130 e. The van der Waals surface area contributed by atoms with Crippen LogP contribution in [0.5, 0.6) is 0 Å². The highest BCUT2D eigenvalue weighted by molar-refractivity contribution is 7.16. The normalized spacial score (nSPS) is 12.5. The summed E-state index contributed by atoms with van der Waals surface area (Å²) < 4.78 is 0. The van der Waals surface area contributed by atoms with Gasteiger partial charge in [0.25, 0.3) is 0 Å². The van der Waals surface area contributed by atoms with Crippen molar-refractivity contribution in [2.24, 2.45) is 0 Å². The van der Waals surface area contributed by atoms with E-state index >= 15 is 0 Å². The molecule has 1 aromatic carbocycles. The van der Waals surface area contributed by atoms with Gasteiger partial charge in [-0.2, -0.15) is 0 Å². The van der Waals surface area contributed by atoms with Gasteiger partial charge < -0.3 is 4.79 Å². The van der Waals surface area contributed by atoms with Crippen LogP contribution in [0.25, 0.3) is 0 Å². The largest absolute Gasteiger partial charge is 0.300 e. The van der Waals surface area contributed by atoms with Crippen molar-refractivity contribution in [1.29, 1.82) is 0 Å². The lowest BCUT2D eigenvalue weighted by atomic mass is 9.96. The summed E-state index contributed by atoms with van der Waals surface area (Å²) in [7, 11) is 2.70. The summed E-state index contributed by atoms with van der Waals surface area (Å²) in [6, 6.07) is 10.2. The lowest BCUT2D eigenvalue weighted by Gasteiger charge is -2.12. The Morgan fingerprint density at radius 2 is 2.00 bits per heavy atom. The summed E-state index contributed by atoms with van der Waals surface area (Å²) in [6.07, 6.45) is 1.59. The second kappa shape index (κ2) is 5.14. The Labute approximate surface area is 81.7 Å². The molecule has 2 heteroatoms. The maximum atomic E-state index is 11.0. The maximum Gasteiger partial charge on any atom is 0.130 e. The summed E-state index contributed by atoms with van der Waals surface area (Å²) >= 11 is 0.